The Morgan fingerprint density at radius 1 is 0.923 bits per heavy atom. The number of hydrogen-bond acceptors (Lipinski definition) is 2. The summed E-state index contributed by atoms with van der Waals surface area (Å²) >= 11 is 0. The van der Waals surface area contributed by atoms with Gasteiger partial charge >= 0.3 is 6.18 Å². The lowest BCUT2D eigenvalue weighted by Gasteiger charge is -2.17. The van der Waals surface area contributed by atoms with Gasteiger partial charge in [0.05, 0.1) is 0 Å². The molecule has 0 saturated heterocycles. The number of carbonyl (C=O) groups is 1. The monoisotopic (exact) mass is 377 g/mol. The van der Waals surface area contributed by atoms with Gasteiger partial charge in [-0.25, -0.2) is 17.6 Å². The zero-order valence-corrected chi connectivity index (χ0v) is 13.0. The van der Waals surface area contributed by atoms with Crippen molar-refractivity contribution in [2.45, 2.75) is 13.1 Å². The molecule has 26 heavy (non-hydrogen) atoms. The number of rotatable bonds is 4. The smallest absolute Gasteiger partial charge is 0.350 e. The number of carbonyl (C=O) groups excluding carboxylic acids is 1. The number of ketones is 1. The van der Waals surface area contributed by atoms with E-state index in [1.165, 1.54) is 24.3 Å². The van der Waals surface area contributed by atoms with Crippen LogP contribution in [0.15, 0.2) is 36.4 Å². The van der Waals surface area contributed by atoms with Crippen LogP contribution in [0.5, 0.6) is 0 Å². The van der Waals surface area contributed by atoms with Gasteiger partial charge in [0.1, 0.15) is 11.3 Å². The van der Waals surface area contributed by atoms with E-state index in [2.05, 4.69) is 0 Å². The molecule has 0 unspecified atom stereocenters. The Morgan fingerprint density at radius 2 is 1.42 bits per heavy atom. The van der Waals surface area contributed by atoms with E-state index in [1.807, 2.05) is 5.32 Å². The Labute approximate surface area is 142 Å². The minimum atomic E-state index is -5.63. The average Bonchev–Trinajstić information content (AvgIpc) is 2.55. The normalized spacial score (nSPS) is 12.2. The summed E-state index contributed by atoms with van der Waals surface area (Å²) in [6.07, 6.45) is -4.76. The van der Waals surface area contributed by atoms with Crippen LogP contribution in [-0.2, 0) is 11.0 Å². The molecule has 0 aliphatic heterocycles. The van der Waals surface area contributed by atoms with Gasteiger partial charge in [0, 0.05) is 11.8 Å². The summed E-state index contributed by atoms with van der Waals surface area (Å²) in [6, 6.07) is 7.42. The summed E-state index contributed by atoms with van der Waals surface area (Å²) in [5.74, 6) is -10.3. The van der Waals surface area contributed by atoms with Crippen LogP contribution in [-0.4, -0.2) is 5.78 Å². The molecule has 0 fully saturated rings. The SMILES string of the molecule is CC(=O)C=C(Nc1c(F)c(F)c(C(F)(F)F)c(F)c1F)c1ccccc1. The molecule has 1 N–H and O–H groups in total. The molecule has 0 spiro atoms. The molecular formula is C17H10F7NO. The van der Waals surface area contributed by atoms with Crippen molar-refractivity contribution in [2.75, 3.05) is 5.32 Å². The van der Waals surface area contributed by atoms with E-state index in [1.54, 1.807) is 6.07 Å². The summed E-state index contributed by atoms with van der Waals surface area (Å²) < 4.78 is 93.2. The zero-order valence-electron chi connectivity index (χ0n) is 13.0. The van der Waals surface area contributed by atoms with E-state index < -0.39 is 46.5 Å². The molecule has 2 aromatic carbocycles. The van der Waals surface area contributed by atoms with Crippen molar-refractivity contribution >= 4 is 17.2 Å². The molecule has 0 bridgehead atoms. The van der Waals surface area contributed by atoms with E-state index in [0.29, 0.717) is 0 Å². The molecular weight excluding hydrogens is 367 g/mol. The summed E-state index contributed by atoms with van der Waals surface area (Å²) in [5.41, 5.74) is -4.20. The number of alkyl halides is 3. The quantitative estimate of drug-likeness (QED) is 0.445. The maximum Gasteiger partial charge on any atom is 0.422 e. The van der Waals surface area contributed by atoms with E-state index in [0.717, 1.165) is 13.0 Å². The van der Waals surface area contributed by atoms with Crippen LogP contribution in [0.4, 0.5) is 36.4 Å². The van der Waals surface area contributed by atoms with Crippen LogP contribution in [0.25, 0.3) is 5.70 Å². The fourth-order valence-corrected chi connectivity index (χ4v) is 2.14. The second kappa shape index (κ2) is 7.19. The Morgan fingerprint density at radius 3 is 1.85 bits per heavy atom. The lowest BCUT2D eigenvalue weighted by atomic mass is 10.1. The molecule has 138 valence electrons. The molecule has 2 rings (SSSR count). The minimum Gasteiger partial charge on any atom is -0.350 e. The van der Waals surface area contributed by atoms with Gasteiger partial charge < -0.3 is 5.32 Å². The molecule has 0 radical (unpaired) electrons. The van der Waals surface area contributed by atoms with Crippen molar-refractivity contribution in [3.63, 3.8) is 0 Å². The van der Waals surface area contributed by atoms with Crippen LogP contribution in [0, 0.1) is 23.3 Å². The first kappa shape index (κ1) is 19.5. The highest BCUT2D eigenvalue weighted by Crippen LogP contribution is 2.39. The van der Waals surface area contributed by atoms with Crippen LogP contribution in [0.2, 0.25) is 0 Å². The van der Waals surface area contributed by atoms with Crippen molar-refractivity contribution in [1.82, 2.24) is 0 Å². The maximum absolute atomic E-state index is 14.0. The molecule has 0 heterocycles. The largest absolute Gasteiger partial charge is 0.422 e. The molecule has 0 aromatic heterocycles. The topological polar surface area (TPSA) is 29.1 Å². The highest BCUT2D eigenvalue weighted by atomic mass is 19.4. The number of benzene rings is 2. The Balaban J connectivity index is 2.63. The van der Waals surface area contributed by atoms with Crippen molar-refractivity contribution in [3.05, 3.63) is 70.8 Å². The first-order chi connectivity index (χ1) is 12.0. The number of halogens is 7. The standard InChI is InChI=1S/C17H10F7NO/c1-8(26)7-10(9-5-3-2-4-6-9)25-16-14(20)12(18)11(17(22,23)24)13(19)15(16)21/h2-7,25H,1H3. The predicted octanol–water partition coefficient (Wildman–Crippen LogP) is 5.30. The van der Waals surface area contributed by atoms with Crippen molar-refractivity contribution in [3.8, 4) is 0 Å². The summed E-state index contributed by atoms with van der Waals surface area (Å²) in [7, 11) is 0. The van der Waals surface area contributed by atoms with E-state index in [4.69, 9.17) is 0 Å². The fourth-order valence-electron chi connectivity index (χ4n) is 2.14. The number of allylic oxidation sites excluding steroid dienone is 1. The van der Waals surface area contributed by atoms with Gasteiger partial charge in [0.2, 0.25) is 0 Å². The lowest BCUT2D eigenvalue weighted by Crippen LogP contribution is -2.17. The lowest BCUT2D eigenvalue weighted by molar-refractivity contribution is -0.143. The van der Waals surface area contributed by atoms with Gasteiger partial charge in [-0.3, -0.25) is 4.79 Å². The molecule has 9 heteroatoms. The fraction of sp³-hybridized carbons (Fsp3) is 0.118. The van der Waals surface area contributed by atoms with E-state index >= 15 is 0 Å². The van der Waals surface area contributed by atoms with Gasteiger partial charge in [0.25, 0.3) is 0 Å². The maximum atomic E-state index is 14.0. The molecule has 0 aliphatic rings. The average molecular weight is 377 g/mol. The Hall–Kier alpha value is -2.84. The van der Waals surface area contributed by atoms with Crippen LogP contribution >= 0.6 is 0 Å². The van der Waals surface area contributed by atoms with Gasteiger partial charge in [-0.1, -0.05) is 30.3 Å². The summed E-state index contributed by atoms with van der Waals surface area (Å²) in [4.78, 5) is 11.3. The highest BCUT2D eigenvalue weighted by Gasteiger charge is 2.42. The number of anilines is 1. The second-order valence-electron chi connectivity index (χ2n) is 5.16. The Kier molecular flexibility index (Phi) is 5.38. The van der Waals surface area contributed by atoms with Crippen LogP contribution in [0.3, 0.4) is 0 Å². The third-order valence-electron chi connectivity index (χ3n) is 3.24. The first-order valence-electron chi connectivity index (χ1n) is 7.02. The summed E-state index contributed by atoms with van der Waals surface area (Å²) in [6.45, 7) is 1.10. The highest BCUT2D eigenvalue weighted by molar-refractivity contribution is 5.97. The third-order valence-corrected chi connectivity index (χ3v) is 3.24. The van der Waals surface area contributed by atoms with E-state index in [9.17, 15) is 35.5 Å². The van der Waals surface area contributed by atoms with Crippen molar-refractivity contribution < 1.29 is 35.5 Å². The molecule has 0 saturated carbocycles. The van der Waals surface area contributed by atoms with Gasteiger partial charge in [-0.15, -0.1) is 0 Å². The van der Waals surface area contributed by atoms with Crippen molar-refractivity contribution in [2.24, 2.45) is 0 Å². The van der Waals surface area contributed by atoms with Crippen molar-refractivity contribution in [1.29, 1.82) is 0 Å². The second-order valence-corrected chi connectivity index (χ2v) is 5.16. The van der Waals surface area contributed by atoms with Crippen LogP contribution < -0.4 is 5.32 Å². The van der Waals surface area contributed by atoms with Gasteiger partial charge in [-0.05, 0) is 12.5 Å². The molecule has 2 aromatic rings. The number of nitrogens with one attached hydrogen (secondary N) is 1. The zero-order chi connectivity index (χ0) is 19.6. The molecule has 0 aliphatic carbocycles. The van der Waals surface area contributed by atoms with Crippen LogP contribution in [0.1, 0.15) is 18.1 Å². The Bertz CT molecular complexity index is 844. The first-order valence-corrected chi connectivity index (χ1v) is 7.02. The third kappa shape index (κ3) is 3.87. The molecule has 0 atom stereocenters. The number of hydrogen-bond donors (Lipinski definition) is 1. The van der Waals surface area contributed by atoms with Gasteiger partial charge in [-0.2, -0.15) is 13.2 Å². The molecule has 2 nitrogen and oxygen atoms in total. The summed E-state index contributed by atoms with van der Waals surface area (Å²) in [5, 5.41) is 1.97. The van der Waals surface area contributed by atoms with Gasteiger partial charge in [0.15, 0.2) is 29.1 Å². The minimum absolute atomic E-state index is 0.210. The molecule has 0 amide bonds. The van der Waals surface area contributed by atoms with E-state index in [-0.39, 0.29) is 11.3 Å². The predicted molar refractivity (Wildman–Crippen MR) is 80.0 cm³/mol.